The fourth-order valence-corrected chi connectivity index (χ4v) is 10.2. The predicted octanol–water partition coefficient (Wildman–Crippen LogP) is 12.9. The Bertz CT molecular complexity index is 3740. The zero-order valence-corrected chi connectivity index (χ0v) is 33.0. The molecule has 5 aromatic heterocycles. The standard InChI is InChI=1S/C55H36N6/c1-3-18-37(19-4-1)55(38-20-5-2-6-21-38,61-47-27-12-8-22-40(47)41-23-9-13-28-48(41)61)52-32-17-33-53(57-52)59-45-26-11-7-24-42(45)43-36-39(34-35-46(43)59)58-50-30-15-16-31-51(50)60-49-29-14-10-25-44(49)56-54(58)60/h1-36H. The van der Waals surface area contributed by atoms with Gasteiger partial charge in [0.05, 0.1) is 49.8 Å². The van der Waals surface area contributed by atoms with Gasteiger partial charge >= 0.3 is 0 Å². The molecular formula is C55H36N6. The van der Waals surface area contributed by atoms with E-state index < -0.39 is 5.54 Å². The Kier molecular flexibility index (Phi) is 7.13. The van der Waals surface area contributed by atoms with Gasteiger partial charge in [0.15, 0.2) is 0 Å². The van der Waals surface area contributed by atoms with Crippen LogP contribution in [0.3, 0.4) is 0 Å². The lowest BCUT2D eigenvalue weighted by molar-refractivity contribution is 0.532. The number of nitrogens with zero attached hydrogens (tertiary/aromatic N) is 6. The summed E-state index contributed by atoms with van der Waals surface area (Å²) < 4.78 is 9.42. The highest BCUT2D eigenvalue weighted by atomic mass is 15.2. The Balaban J connectivity index is 1.09. The third-order valence-electron chi connectivity index (χ3n) is 12.7. The SMILES string of the molecule is c1ccc(C(c2ccccc2)(c2cccc(-n3c4ccccc4c4cc(-n5c6ccccc6n6c7ccccc7nc56)ccc43)n2)n2c3ccccc3c3ccccc32)cc1. The van der Waals surface area contributed by atoms with Crippen LogP contribution in [0, 0.1) is 0 Å². The molecule has 0 aliphatic heterocycles. The second-order valence-electron chi connectivity index (χ2n) is 15.8. The third-order valence-corrected chi connectivity index (χ3v) is 12.7. The lowest BCUT2D eigenvalue weighted by Crippen LogP contribution is -2.38. The van der Waals surface area contributed by atoms with Gasteiger partial charge in [-0.2, -0.15) is 0 Å². The molecule has 0 spiro atoms. The van der Waals surface area contributed by atoms with Crippen LogP contribution >= 0.6 is 0 Å². The monoisotopic (exact) mass is 780 g/mol. The van der Waals surface area contributed by atoms with E-state index in [0.717, 1.165) is 89.0 Å². The number of pyridine rings is 1. The van der Waals surface area contributed by atoms with E-state index >= 15 is 0 Å². The number of rotatable bonds is 6. The predicted molar refractivity (Wildman–Crippen MR) is 249 cm³/mol. The van der Waals surface area contributed by atoms with E-state index in [9.17, 15) is 0 Å². The lowest BCUT2D eigenvalue weighted by atomic mass is 9.79. The number of fused-ring (bicyclic) bond motifs is 11. The molecule has 0 fully saturated rings. The summed E-state index contributed by atoms with van der Waals surface area (Å²) in [6.07, 6.45) is 0. The van der Waals surface area contributed by atoms with Crippen molar-refractivity contribution in [3.05, 3.63) is 235 Å². The van der Waals surface area contributed by atoms with Crippen molar-refractivity contribution in [2.75, 3.05) is 0 Å². The van der Waals surface area contributed by atoms with Crippen molar-refractivity contribution in [2.45, 2.75) is 5.54 Å². The van der Waals surface area contributed by atoms with Crippen LogP contribution in [0.2, 0.25) is 0 Å². The van der Waals surface area contributed by atoms with E-state index in [1.165, 1.54) is 10.8 Å². The number of para-hydroxylation sites is 7. The molecule has 0 amide bonds. The van der Waals surface area contributed by atoms with Crippen molar-refractivity contribution in [1.82, 2.24) is 28.1 Å². The Morgan fingerprint density at radius 3 is 1.54 bits per heavy atom. The van der Waals surface area contributed by atoms with Crippen LogP contribution in [0.5, 0.6) is 0 Å². The van der Waals surface area contributed by atoms with Crippen LogP contribution in [-0.2, 0) is 5.54 Å². The first-order chi connectivity index (χ1) is 30.3. The first kappa shape index (κ1) is 33.7. The van der Waals surface area contributed by atoms with Gasteiger partial charge < -0.3 is 4.57 Å². The minimum atomic E-state index is -0.845. The second-order valence-corrected chi connectivity index (χ2v) is 15.8. The zero-order valence-electron chi connectivity index (χ0n) is 33.0. The molecular weight excluding hydrogens is 745 g/mol. The van der Waals surface area contributed by atoms with Crippen LogP contribution in [0.25, 0.3) is 83.0 Å². The summed E-state index contributed by atoms with van der Waals surface area (Å²) in [6, 6.07) is 78.2. The number of hydrogen-bond donors (Lipinski definition) is 0. The minimum Gasteiger partial charge on any atom is -0.320 e. The number of aromatic nitrogens is 6. The van der Waals surface area contributed by atoms with Crippen molar-refractivity contribution < 1.29 is 0 Å². The molecule has 0 atom stereocenters. The molecule has 13 rings (SSSR count). The van der Waals surface area contributed by atoms with Crippen LogP contribution < -0.4 is 0 Å². The molecule has 8 aromatic carbocycles. The van der Waals surface area contributed by atoms with Gasteiger partial charge in [-0.15, -0.1) is 0 Å². The van der Waals surface area contributed by atoms with Gasteiger partial charge in [0.25, 0.3) is 0 Å². The Morgan fingerprint density at radius 1 is 0.344 bits per heavy atom. The second kappa shape index (κ2) is 12.9. The third kappa shape index (κ3) is 4.67. The van der Waals surface area contributed by atoms with E-state index in [1.807, 2.05) is 0 Å². The van der Waals surface area contributed by atoms with E-state index in [4.69, 9.17) is 9.97 Å². The quantitative estimate of drug-likeness (QED) is 0.169. The number of imidazole rings is 2. The van der Waals surface area contributed by atoms with Gasteiger partial charge in [0.2, 0.25) is 5.78 Å². The van der Waals surface area contributed by atoms with Crippen LogP contribution in [0.1, 0.15) is 16.8 Å². The summed E-state index contributed by atoms with van der Waals surface area (Å²) >= 11 is 0. The fourth-order valence-electron chi connectivity index (χ4n) is 10.2. The summed E-state index contributed by atoms with van der Waals surface area (Å²) in [7, 11) is 0. The summed E-state index contributed by atoms with van der Waals surface area (Å²) in [4.78, 5) is 11.0. The maximum Gasteiger partial charge on any atom is 0.220 e. The molecule has 286 valence electrons. The summed E-state index contributed by atoms with van der Waals surface area (Å²) in [5.74, 6) is 1.74. The summed E-state index contributed by atoms with van der Waals surface area (Å²) in [5, 5.41) is 4.72. The molecule has 13 aromatic rings. The molecule has 0 unspecified atom stereocenters. The topological polar surface area (TPSA) is 45.0 Å². The van der Waals surface area contributed by atoms with Crippen molar-refractivity contribution in [3.63, 3.8) is 0 Å². The smallest absolute Gasteiger partial charge is 0.220 e. The molecule has 6 nitrogen and oxygen atoms in total. The first-order valence-electron chi connectivity index (χ1n) is 20.8. The van der Waals surface area contributed by atoms with Gasteiger partial charge in [-0.05, 0) is 83.9 Å². The van der Waals surface area contributed by atoms with Crippen molar-refractivity contribution in [3.8, 4) is 11.5 Å². The minimum absolute atomic E-state index is 0.845. The van der Waals surface area contributed by atoms with Crippen molar-refractivity contribution in [2.24, 2.45) is 0 Å². The molecule has 5 heterocycles. The average Bonchev–Trinajstić information content (AvgIpc) is 4.06. The molecule has 0 aliphatic rings. The van der Waals surface area contributed by atoms with Gasteiger partial charge in [-0.25, -0.2) is 9.97 Å². The highest BCUT2D eigenvalue weighted by molar-refractivity contribution is 6.10. The Hall–Kier alpha value is -8.22. The largest absolute Gasteiger partial charge is 0.320 e. The molecule has 0 radical (unpaired) electrons. The molecule has 0 aliphatic carbocycles. The summed E-state index contributed by atoms with van der Waals surface area (Å²) in [5.41, 5.74) is 12.1. The van der Waals surface area contributed by atoms with Gasteiger partial charge in [-0.3, -0.25) is 13.5 Å². The Labute approximate surface area is 350 Å². The van der Waals surface area contributed by atoms with Gasteiger partial charge in [0, 0.05) is 27.2 Å². The van der Waals surface area contributed by atoms with Crippen LogP contribution in [-0.4, -0.2) is 28.1 Å². The molecule has 0 N–H and O–H groups in total. The fraction of sp³-hybridized carbons (Fsp3) is 0.0182. The normalized spacial score (nSPS) is 12.3. The molecule has 0 bridgehead atoms. The van der Waals surface area contributed by atoms with Crippen molar-refractivity contribution in [1.29, 1.82) is 0 Å². The van der Waals surface area contributed by atoms with Gasteiger partial charge in [0.1, 0.15) is 11.4 Å². The van der Waals surface area contributed by atoms with E-state index in [-0.39, 0.29) is 0 Å². The summed E-state index contributed by atoms with van der Waals surface area (Å²) in [6.45, 7) is 0. The van der Waals surface area contributed by atoms with Crippen LogP contribution in [0.15, 0.2) is 218 Å². The first-order valence-corrected chi connectivity index (χ1v) is 20.8. The van der Waals surface area contributed by atoms with E-state index in [1.54, 1.807) is 0 Å². The van der Waals surface area contributed by atoms with Crippen molar-refractivity contribution >= 4 is 71.5 Å². The maximum absolute atomic E-state index is 5.81. The van der Waals surface area contributed by atoms with E-state index in [0.29, 0.717) is 0 Å². The number of hydrogen-bond acceptors (Lipinski definition) is 2. The maximum atomic E-state index is 5.81. The van der Waals surface area contributed by atoms with E-state index in [2.05, 4.69) is 236 Å². The van der Waals surface area contributed by atoms with Crippen LogP contribution in [0.4, 0.5) is 0 Å². The molecule has 0 saturated heterocycles. The highest BCUT2D eigenvalue weighted by Crippen LogP contribution is 2.46. The highest BCUT2D eigenvalue weighted by Gasteiger charge is 2.42. The van der Waals surface area contributed by atoms with Gasteiger partial charge in [-0.1, -0.05) is 146 Å². The Morgan fingerprint density at radius 2 is 0.869 bits per heavy atom. The molecule has 6 heteroatoms. The molecule has 61 heavy (non-hydrogen) atoms. The number of benzene rings is 8. The molecule has 0 saturated carbocycles. The average molecular weight is 781 g/mol. The zero-order chi connectivity index (χ0) is 40.1. The lowest BCUT2D eigenvalue weighted by Gasteiger charge is -2.38.